The fourth-order valence-electron chi connectivity index (χ4n) is 3.29. The van der Waals surface area contributed by atoms with Crippen LogP contribution in [-0.2, 0) is 5.54 Å². The van der Waals surface area contributed by atoms with Gasteiger partial charge in [-0.1, -0.05) is 11.7 Å². The molecule has 0 spiro atoms. The molecule has 0 aromatic carbocycles. The van der Waals surface area contributed by atoms with Crippen LogP contribution in [0.1, 0.15) is 12.2 Å². The molecule has 1 fully saturated rings. The SMILES string of the molecule is C=S(=C)(C)N1CC(CC#N)(n2cc(-c3nc(C)nc4ccsc34)cn2)C1. The lowest BCUT2D eigenvalue weighted by atomic mass is 9.89. The molecule has 0 radical (unpaired) electrons. The topological polar surface area (TPSA) is 70.6 Å². The van der Waals surface area contributed by atoms with Crippen molar-refractivity contribution in [1.29, 1.82) is 5.26 Å². The number of thiophene rings is 1. The minimum absolute atomic E-state index is 0.312. The smallest absolute Gasteiger partial charge is 0.126 e. The maximum atomic E-state index is 9.34. The summed E-state index contributed by atoms with van der Waals surface area (Å²) in [5.41, 5.74) is 2.51. The molecule has 3 aromatic heterocycles. The number of nitrogens with zero attached hydrogens (tertiary/aromatic N) is 6. The Hall–Kier alpha value is -2.21. The summed E-state index contributed by atoms with van der Waals surface area (Å²) >= 11 is 1.63. The summed E-state index contributed by atoms with van der Waals surface area (Å²) in [4.78, 5) is 9.12. The number of rotatable bonds is 4. The molecule has 26 heavy (non-hydrogen) atoms. The summed E-state index contributed by atoms with van der Waals surface area (Å²) in [7, 11) is -1.27. The van der Waals surface area contributed by atoms with Crippen LogP contribution in [0.2, 0.25) is 0 Å². The molecule has 4 heterocycles. The van der Waals surface area contributed by atoms with Crippen molar-refractivity contribution in [3.63, 3.8) is 0 Å². The number of aromatic nitrogens is 4. The fraction of sp³-hybridized carbons (Fsp3) is 0.333. The third kappa shape index (κ3) is 2.72. The van der Waals surface area contributed by atoms with Crippen LogP contribution in [0, 0.1) is 18.3 Å². The number of hydrogen-bond acceptors (Lipinski definition) is 6. The van der Waals surface area contributed by atoms with Gasteiger partial charge in [-0.25, -0.2) is 9.97 Å². The highest BCUT2D eigenvalue weighted by Gasteiger charge is 2.46. The Bertz CT molecular complexity index is 1130. The van der Waals surface area contributed by atoms with Crippen molar-refractivity contribution in [2.45, 2.75) is 18.9 Å². The zero-order chi connectivity index (χ0) is 18.5. The van der Waals surface area contributed by atoms with E-state index in [9.17, 15) is 5.26 Å². The van der Waals surface area contributed by atoms with Crippen molar-refractivity contribution < 1.29 is 0 Å². The maximum absolute atomic E-state index is 9.34. The van der Waals surface area contributed by atoms with Crippen LogP contribution in [-0.4, -0.2) is 55.1 Å². The van der Waals surface area contributed by atoms with Crippen molar-refractivity contribution in [1.82, 2.24) is 24.1 Å². The zero-order valence-corrected chi connectivity index (χ0v) is 16.5. The second-order valence-electron chi connectivity index (χ2n) is 7.01. The first-order valence-corrected chi connectivity index (χ1v) is 11.4. The van der Waals surface area contributed by atoms with Crippen molar-refractivity contribution in [2.75, 3.05) is 19.3 Å². The van der Waals surface area contributed by atoms with E-state index < -0.39 is 9.39 Å². The van der Waals surface area contributed by atoms with Crippen LogP contribution in [0.3, 0.4) is 0 Å². The molecule has 8 heteroatoms. The summed E-state index contributed by atoms with van der Waals surface area (Å²) in [6.07, 6.45) is 6.32. The van der Waals surface area contributed by atoms with E-state index in [0.717, 1.165) is 40.4 Å². The van der Waals surface area contributed by atoms with Gasteiger partial charge in [-0.2, -0.15) is 19.8 Å². The molecule has 0 amide bonds. The Morgan fingerprint density at radius 1 is 1.38 bits per heavy atom. The molecule has 134 valence electrons. The molecule has 1 aliphatic heterocycles. The third-order valence-corrected chi connectivity index (χ3v) is 7.15. The third-order valence-electron chi connectivity index (χ3n) is 4.73. The summed E-state index contributed by atoms with van der Waals surface area (Å²) in [6, 6.07) is 4.33. The first-order valence-electron chi connectivity index (χ1n) is 8.16. The molecule has 6 nitrogen and oxygen atoms in total. The van der Waals surface area contributed by atoms with E-state index in [2.05, 4.69) is 43.4 Å². The monoisotopic (exact) mass is 384 g/mol. The quantitative estimate of drug-likeness (QED) is 0.647. The van der Waals surface area contributed by atoms with Crippen LogP contribution in [0.4, 0.5) is 0 Å². The van der Waals surface area contributed by atoms with Gasteiger partial charge in [-0.3, -0.25) is 8.99 Å². The van der Waals surface area contributed by atoms with Gasteiger partial charge in [0, 0.05) is 24.8 Å². The normalized spacial score (nSPS) is 17.1. The van der Waals surface area contributed by atoms with Crippen molar-refractivity contribution in [3.05, 3.63) is 29.7 Å². The van der Waals surface area contributed by atoms with Crippen LogP contribution in [0.15, 0.2) is 23.8 Å². The second-order valence-corrected chi connectivity index (χ2v) is 10.9. The number of fused-ring (bicyclic) bond motifs is 1. The van der Waals surface area contributed by atoms with Crippen LogP contribution < -0.4 is 0 Å². The van der Waals surface area contributed by atoms with Crippen LogP contribution in [0.25, 0.3) is 21.5 Å². The standard InChI is InChI=1S/C18H20N6S2/c1-13-21-15-5-8-25-17(15)16(22-13)14-9-20-24(10-14)18(6-7-19)11-23(12-18)26(2,3)4/h5,8-10H,2-3,6,11-12H2,1,4H3. The van der Waals surface area contributed by atoms with Gasteiger partial charge in [-0.05, 0) is 24.6 Å². The van der Waals surface area contributed by atoms with E-state index in [1.54, 1.807) is 11.3 Å². The van der Waals surface area contributed by atoms with Gasteiger partial charge < -0.3 is 0 Å². The number of aryl methyl sites for hydroxylation is 1. The van der Waals surface area contributed by atoms with E-state index in [-0.39, 0.29) is 5.54 Å². The highest BCUT2D eigenvalue weighted by atomic mass is 32.2. The molecule has 4 rings (SSSR count). The van der Waals surface area contributed by atoms with E-state index in [4.69, 9.17) is 0 Å². The first kappa shape index (κ1) is 17.2. The lowest BCUT2D eigenvalue weighted by molar-refractivity contribution is 0.0806. The predicted octanol–water partition coefficient (Wildman–Crippen LogP) is 3.00. The molecule has 0 aliphatic carbocycles. The molecule has 1 aliphatic rings. The average Bonchev–Trinajstić information content (AvgIpc) is 3.17. The van der Waals surface area contributed by atoms with Crippen molar-refractivity contribution >= 4 is 42.7 Å². The number of nitriles is 1. The van der Waals surface area contributed by atoms with E-state index in [1.165, 1.54) is 0 Å². The Morgan fingerprint density at radius 3 is 2.85 bits per heavy atom. The molecule has 0 unspecified atom stereocenters. The molecule has 1 saturated heterocycles. The lowest BCUT2D eigenvalue weighted by Gasteiger charge is -2.51. The van der Waals surface area contributed by atoms with E-state index in [1.807, 2.05) is 35.4 Å². The Morgan fingerprint density at radius 2 is 2.15 bits per heavy atom. The molecular formula is C18H20N6S2. The second kappa shape index (κ2) is 5.91. The van der Waals surface area contributed by atoms with Gasteiger partial charge in [0.2, 0.25) is 0 Å². The zero-order valence-electron chi connectivity index (χ0n) is 14.8. The van der Waals surface area contributed by atoms with Crippen molar-refractivity contribution in [3.8, 4) is 17.3 Å². The highest BCUT2D eigenvalue weighted by molar-refractivity contribution is 8.25. The minimum Gasteiger partial charge on any atom is -0.262 e. The molecule has 0 bridgehead atoms. The predicted molar refractivity (Wildman–Crippen MR) is 111 cm³/mol. The minimum atomic E-state index is -1.27. The summed E-state index contributed by atoms with van der Waals surface area (Å²) in [5.74, 6) is 9.09. The van der Waals surface area contributed by atoms with E-state index >= 15 is 0 Å². The van der Waals surface area contributed by atoms with Gasteiger partial charge in [0.15, 0.2) is 0 Å². The summed E-state index contributed by atoms with van der Waals surface area (Å²) in [6.45, 7) is 3.40. The van der Waals surface area contributed by atoms with Gasteiger partial charge >= 0.3 is 0 Å². The molecule has 0 atom stereocenters. The fourth-order valence-corrected chi connectivity index (χ4v) is 5.23. The molecular weight excluding hydrogens is 364 g/mol. The molecule has 0 N–H and O–H groups in total. The molecule has 3 aromatic rings. The largest absolute Gasteiger partial charge is 0.262 e. The molecule has 0 saturated carbocycles. The lowest BCUT2D eigenvalue weighted by Crippen LogP contribution is -2.61. The number of hydrogen-bond donors (Lipinski definition) is 0. The first-order chi connectivity index (χ1) is 12.3. The summed E-state index contributed by atoms with van der Waals surface area (Å²) in [5, 5.41) is 16.0. The van der Waals surface area contributed by atoms with Gasteiger partial charge in [0.25, 0.3) is 0 Å². The van der Waals surface area contributed by atoms with Crippen LogP contribution in [0.5, 0.6) is 0 Å². The highest BCUT2D eigenvalue weighted by Crippen LogP contribution is 2.41. The average molecular weight is 385 g/mol. The van der Waals surface area contributed by atoms with Crippen molar-refractivity contribution in [2.24, 2.45) is 0 Å². The van der Waals surface area contributed by atoms with Gasteiger partial charge in [-0.15, -0.1) is 11.3 Å². The Labute approximate surface area is 157 Å². The summed E-state index contributed by atoms with van der Waals surface area (Å²) < 4.78 is 5.24. The van der Waals surface area contributed by atoms with Gasteiger partial charge in [0.05, 0.1) is 34.6 Å². The van der Waals surface area contributed by atoms with Crippen LogP contribution >= 0.6 is 20.7 Å². The Balaban J connectivity index is 1.73. The maximum Gasteiger partial charge on any atom is 0.126 e. The van der Waals surface area contributed by atoms with E-state index in [0.29, 0.717) is 6.42 Å². The van der Waals surface area contributed by atoms with Gasteiger partial charge in [0.1, 0.15) is 11.4 Å². The Kier molecular flexibility index (Phi) is 3.91.